The topological polar surface area (TPSA) is 36.4 Å². The summed E-state index contributed by atoms with van der Waals surface area (Å²) in [5, 5.41) is 4.61. The molecule has 2 heteroatoms. The Morgan fingerprint density at radius 2 is 0.963 bits per heavy atom. The van der Waals surface area contributed by atoms with Crippen LogP contribution < -0.4 is 0 Å². The first-order chi connectivity index (χ1) is 13.0. The predicted octanol–water partition coefficient (Wildman–Crippen LogP) is 6.29. The van der Waals surface area contributed by atoms with E-state index in [-0.39, 0.29) is 0 Å². The minimum atomic E-state index is 0.636. The van der Waals surface area contributed by atoms with E-state index in [0.717, 1.165) is 33.0 Å². The van der Waals surface area contributed by atoms with E-state index in [0.29, 0.717) is 5.71 Å². The van der Waals surface area contributed by atoms with Crippen LogP contribution in [0.5, 0.6) is 0 Å². The van der Waals surface area contributed by atoms with Gasteiger partial charge >= 0.3 is 5.71 Å². The second-order valence-electron chi connectivity index (χ2n) is 7.31. The van der Waals surface area contributed by atoms with E-state index < -0.39 is 0 Å². The molecule has 0 bridgehead atoms. The average molecular weight is 350 g/mol. The van der Waals surface area contributed by atoms with Crippen LogP contribution in [0.2, 0.25) is 0 Å². The van der Waals surface area contributed by atoms with Gasteiger partial charge in [0.1, 0.15) is 0 Å². The van der Waals surface area contributed by atoms with Crippen LogP contribution in [-0.2, 0) is 0 Å². The summed E-state index contributed by atoms with van der Waals surface area (Å²) in [6, 6.07) is 21.0. The van der Waals surface area contributed by atoms with Gasteiger partial charge < -0.3 is 5.53 Å². The van der Waals surface area contributed by atoms with Crippen LogP contribution in [0.1, 0.15) is 33.4 Å². The van der Waals surface area contributed by atoms with E-state index in [1.807, 2.05) is 12.1 Å². The maximum absolute atomic E-state index is 10.1. The smallest absolute Gasteiger partial charge is 0.331 e. The summed E-state index contributed by atoms with van der Waals surface area (Å²) >= 11 is 0. The monoisotopic (exact) mass is 350 g/mol. The maximum Gasteiger partial charge on any atom is 0.331 e. The van der Waals surface area contributed by atoms with Crippen molar-refractivity contribution in [1.29, 1.82) is 0 Å². The Morgan fingerprint density at radius 1 is 0.593 bits per heavy atom. The fourth-order valence-electron chi connectivity index (χ4n) is 4.32. The minimum absolute atomic E-state index is 0.636. The van der Waals surface area contributed by atoms with Crippen molar-refractivity contribution >= 4 is 27.3 Å². The third-order valence-electron chi connectivity index (χ3n) is 5.47. The highest BCUT2D eigenvalue weighted by molar-refractivity contribution is 6.23. The Labute approximate surface area is 159 Å². The summed E-state index contributed by atoms with van der Waals surface area (Å²) in [5.41, 5.74) is 17.4. The second-order valence-corrected chi connectivity index (χ2v) is 7.31. The number of hydrogen-bond donors (Lipinski definition) is 0. The van der Waals surface area contributed by atoms with Gasteiger partial charge in [0.15, 0.2) is 0 Å². The van der Waals surface area contributed by atoms with Gasteiger partial charge in [-0.25, -0.2) is 0 Å². The minimum Gasteiger partial charge on any atom is -0.361 e. The number of hydrogen-bond acceptors (Lipinski definition) is 0. The highest BCUT2D eigenvalue weighted by Crippen LogP contribution is 2.32. The molecule has 2 nitrogen and oxygen atoms in total. The summed E-state index contributed by atoms with van der Waals surface area (Å²) in [6.07, 6.45) is 0. The highest BCUT2D eigenvalue weighted by Gasteiger charge is 2.25. The summed E-state index contributed by atoms with van der Waals surface area (Å²) < 4.78 is 0. The summed E-state index contributed by atoms with van der Waals surface area (Å²) in [6.45, 7) is 8.43. The first kappa shape index (κ1) is 17.2. The number of aryl methyl sites for hydroxylation is 4. The number of benzene rings is 4. The lowest BCUT2D eigenvalue weighted by atomic mass is 9.86. The fourth-order valence-corrected chi connectivity index (χ4v) is 4.32. The molecule has 0 spiro atoms. The molecule has 0 aliphatic rings. The zero-order valence-corrected chi connectivity index (χ0v) is 16.2. The summed E-state index contributed by atoms with van der Waals surface area (Å²) in [4.78, 5) is 3.83. The predicted molar refractivity (Wildman–Crippen MR) is 114 cm³/mol. The lowest BCUT2D eigenvalue weighted by Gasteiger charge is -2.14. The van der Waals surface area contributed by atoms with Gasteiger partial charge in [-0.1, -0.05) is 60.7 Å². The highest BCUT2D eigenvalue weighted by atomic mass is 14.9. The molecule has 0 heterocycles. The lowest BCUT2D eigenvalue weighted by molar-refractivity contribution is -0.00263. The molecule has 0 fully saturated rings. The molecule has 0 unspecified atom stereocenters. The largest absolute Gasteiger partial charge is 0.361 e. The van der Waals surface area contributed by atoms with Crippen LogP contribution in [0.15, 0.2) is 60.7 Å². The first-order valence-corrected chi connectivity index (χ1v) is 9.23. The standard InChI is InChI=1S/C25H22N2/c1-15-13-17(3)23(21-11-7-5-9-19(15)21)25(27-26)24-18(4)14-16(2)20-10-6-8-12-22(20)24/h5-14H,1-4H3. The Kier molecular flexibility index (Phi) is 4.14. The van der Waals surface area contributed by atoms with Gasteiger partial charge in [-0.2, -0.15) is 4.79 Å². The van der Waals surface area contributed by atoms with Crippen molar-refractivity contribution in [3.05, 3.63) is 99.6 Å². The van der Waals surface area contributed by atoms with E-state index in [1.54, 1.807) is 0 Å². The van der Waals surface area contributed by atoms with Gasteiger partial charge in [0.25, 0.3) is 0 Å². The Bertz CT molecular complexity index is 1170. The summed E-state index contributed by atoms with van der Waals surface area (Å²) in [5.74, 6) is 0. The van der Waals surface area contributed by atoms with Crippen molar-refractivity contribution in [2.24, 2.45) is 0 Å². The normalized spacial score (nSPS) is 11.0. The molecule has 4 rings (SSSR count). The first-order valence-electron chi connectivity index (χ1n) is 9.23. The molecule has 4 aromatic carbocycles. The Hall–Kier alpha value is -3.22. The van der Waals surface area contributed by atoms with Gasteiger partial charge in [0.05, 0.1) is 11.1 Å². The van der Waals surface area contributed by atoms with Gasteiger partial charge in [-0.3, -0.25) is 0 Å². The summed E-state index contributed by atoms with van der Waals surface area (Å²) in [7, 11) is 0. The number of rotatable bonds is 2. The van der Waals surface area contributed by atoms with Gasteiger partial charge in [0, 0.05) is 0 Å². The maximum atomic E-state index is 10.1. The zero-order valence-electron chi connectivity index (χ0n) is 16.2. The molecule has 0 radical (unpaired) electrons. The van der Waals surface area contributed by atoms with E-state index in [1.165, 1.54) is 21.9 Å². The zero-order chi connectivity index (χ0) is 19.1. The third-order valence-corrected chi connectivity index (χ3v) is 5.47. The SMILES string of the molecule is Cc1cc(C)c2ccccc2c1C(=[N+]=[N-])c1c(C)cc(C)c2ccccc12. The second kappa shape index (κ2) is 6.50. The van der Waals surface area contributed by atoms with Crippen LogP contribution in [-0.4, -0.2) is 10.5 Å². The van der Waals surface area contributed by atoms with Gasteiger partial charge in [0.2, 0.25) is 0 Å². The molecule has 0 saturated carbocycles. The Balaban J connectivity index is 2.15. The van der Waals surface area contributed by atoms with Crippen LogP contribution >= 0.6 is 0 Å². The van der Waals surface area contributed by atoms with E-state index in [9.17, 15) is 5.53 Å². The molecule has 0 saturated heterocycles. The molecule has 0 N–H and O–H groups in total. The van der Waals surface area contributed by atoms with Crippen molar-refractivity contribution in [1.82, 2.24) is 0 Å². The van der Waals surface area contributed by atoms with Gasteiger partial charge in [-0.05, 0) is 71.5 Å². The van der Waals surface area contributed by atoms with Crippen LogP contribution in [0.4, 0.5) is 0 Å². The van der Waals surface area contributed by atoms with E-state index in [2.05, 4.69) is 81.0 Å². The fraction of sp³-hybridized carbons (Fsp3) is 0.160. The molecule has 4 aromatic rings. The third kappa shape index (κ3) is 2.66. The van der Waals surface area contributed by atoms with Crippen LogP contribution in [0.25, 0.3) is 27.1 Å². The molecule has 0 aliphatic heterocycles. The van der Waals surface area contributed by atoms with Crippen LogP contribution in [0, 0.1) is 27.7 Å². The Morgan fingerprint density at radius 3 is 1.33 bits per heavy atom. The van der Waals surface area contributed by atoms with Crippen LogP contribution in [0.3, 0.4) is 0 Å². The molecule has 0 atom stereocenters. The molecule has 0 amide bonds. The molecule has 132 valence electrons. The van der Waals surface area contributed by atoms with Crippen molar-refractivity contribution in [3.8, 4) is 0 Å². The lowest BCUT2D eigenvalue weighted by Crippen LogP contribution is -2.11. The van der Waals surface area contributed by atoms with Crippen molar-refractivity contribution < 1.29 is 4.79 Å². The van der Waals surface area contributed by atoms with Crippen molar-refractivity contribution in [2.75, 3.05) is 0 Å². The van der Waals surface area contributed by atoms with E-state index in [4.69, 9.17) is 0 Å². The van der Waals surface area contributed by atoms with Gasteiger partial charge in [-0.15, -0.1) is 0 Å². The molecular weight excluding hydrogens is 328 g/mol. The number of fused-ring (bicyclic) bond motifs is 2. The number of nitrogens with zero attached hydrogens (tertiary/aromatic N) is 2. The van der Waals surface area contributed by atoms with Crippen molar-refractivity contribution in [3.63, 3.8) is 0 Å². The average Bonchev–Trinajstić information content (AvgIpc) is 2.66. The molecule has 0 aliphatic carbocycles. The quantitative estimate of drug-likeness (QED) is 0.231. The molecular formula is C25H22N2. The van der Waals surface area contributed by atoms with E-state index >= 15 is 0 Å². The van der Waals surface area contributed by atoms with Crippen molar-refractivity contribution in [2.45, 2.75) is 27.7 Å². The molecule has 0 aromatic heterocycles. The molecule has 27 heavy (non-hydrogen) atoms.